The summed E-state index contributed by atoms with van der Waals surface area (Å²) in [5.41, 5.74) is 0.583. The number of carbonyl (C=O) groups is 2. The molecule has 0 atom stereocenters. The number of rotatable bonds is 5. The molecule has 0 aliphatic carbocycles. The molecule has 1 aromatic heterocycles. The molecule has 128 valence electrons. The van der Waals surface area contributed by atoms with Gasteiger partial charge in [0.1, 0.15) is 0 Å². The molecule has 7 nitrogen and oxygen atoms in total. The third-order valence-corrected chi connectivity index (χ3v) is 3.06. The molecule has 0 radical (unpaired) electrons. The minimum atomic E-state index is -0.467. The van der Waals surface area contributed by atoms with Gasteiger partial charge in [0.2, 0.25) is 5.91 Å². The second-order valence-electron chi connectivity index (χ2n) is 6.31. The molecule has 2 rings (SSSR count). The van der Waals surface area contributed by atoms with Gasteiger partial charge in [-0.25, -0.2) is 4.68 Å². The molecule has 2 aromatic rings. The minimum Gasteiger partial charge on any atom is -0.493 e. The normalized spacial score (nSPS) is 11.0. The van der Waals surface area contributed by atoms with Gasteiger partial charge in [0.25, 0.3) is 5.91 Å². The number of methoxy groups -OCH3 is 1. The van der Waals surface area contributed by atoms with E-state index in [4.69, 9.17) is 4.74 Å². The van der Waals surface area contributed by atoms with Gasteiger partial charge in [-0.1, -0.05) is 18.2 Å². The number of benzene rings is 1. The van der Waals surface area contributed by atoms with Crippen LogP contribution < -0.4 is 15.4 Å². The third-order valence-electron chi connectivity index (χ3n) is 3.06. The number of hydrogen-bond acceptors (Lipinski definition) is 4. The Labute approximate surface area is 141 Å². The van der Waals surface area contributed by atoms with Crippen LogP contribution in [0.2, 0.25) is 0 Å². The summed E-state index contributed by atoms with van der Waals surface area (Å²) in [5, 5.41) is 9.58. The number of hydrogen-bond donors (Lipinski definition) is 2. The molecule has 0 fully saturated rings. The number of amides is 2. The lowest BCUT2D eigenvalue weighted by atomic mass is 10.1. The molecule has 0 aliphatic heterocycles. The van der Waals surface area contributed by atoms with E-state index in [9.17, 15) is 9.59 Å². The van der Waals surface area contributed by atoms with Gasteiger partial charge in [0.05, 0.1) is 25.5 Å². The Morgan fingerprint density at radius 3 is 2.46 bits per heavy atom. The molecule has 1 aromatic carbocycles. The first-order valence-electron chi connectivity index (χ1n) is 7.58. The third kappa shape index (κ3) is 4.58. The van der Waals surface area contributed by atoms with Crippen molar-refractivity contribution in [3.63, 3.8) is 0 Å². The molecule has 0 unspecified atom stereocenters. The highest BCUT2D eigenvalue weighted by molar-refractivity contribution is 5.97. The highest BCUT2D eigenvalue weighted by atomic mass is 16.5. The van der Waals surface area contributed by atoms with Crippen LogP contribution in [0.1, 0.15) is 31.3 Å². The molecule has 0 aliphatic rings. The molecule has 2 amide bonds. The quantitative estimate of drug-likeness (QED) is 0.870. The van der Waals surface area contributed by atoms with Crippen molar-refractivity contribution in [2.45, 2.75) is 26.3 Å². The molecule has 0 saturated carbocycles. The highest BCUT2D eigenvalue weighted by Crippen LogP contribution is 2.19. The fourth-order valence-corrected chi connectivity index (χ4v) is 2.08. The Morgan fingerprint density at radius 2 is 1.88 bits per heavy atom. The molecule has 0 bridgehead atoms. The van der Waals surface area contributed by atoms with Gasteiger partial charge in [-0.05, 0) is 32.9 Å². The fourth-order valence-electron chi connectivity index (χ4n) is 2.08. The average molecular weight is 330 g/mol. The van der Waals surface area contributed by atoms with Gasteiger partial charge in [-0.2, -0.15) is 5.10 Å². The summed E-state index contributed by atoms with van der Waals surface area (Å²) in [6.07, 6.45) is 1.62. The van der Waals surface area contributed by atoms with Crippen LogP contribution >= 0.6 is 0 Å². The molecular formula is C17H22N4O3. The first-order chi connectivity index (χ1) is 11.3. The lowest BCUT2D eigenvalue weighted by Gasteiger charge is -2.20. The predicted molar refractivity (Wildman–Crippen MR) is 90.3 cm³/mol. The molecule has 7 heteroatoms. The van der Waals surface area contributed by atoms with Gasteiger partial charge in [0, 0.05) is 5.54 Å². The zero-order valence-electron chi connectivity index (χ0n) is 14.3. The smallest absolute Gasteiger partial charge is 0.276 e. The van der Waals surface area contributed by atoms with E-state index in [1.807, 2.05) is 51.1 Å². The summed E-state index contributed by atoms with van der Waals surface area (Å²) >= 11 is 0. The summed E-state index contributed by atoms with van der Waals surface area (Å²) in [6, 6.07) is 9.38. The van der Waals surface area contributed by atoms with E-state index in [2.05, 4.69) is 15.7 Å². The molecule has 24 heavy (non-hydrogen) atoms. The van der Waals surface area contributed by atoms with E-state index in [0.717, 1.165) is 5.69 Å². The van der Waals surface area contributed by atoms with Crippen molar-refractivity contribution >= 4 is 11.8 Å². The Kier molecular flexibility index (Phi) is 5.23. The molecule has 0 saturated heterocycles. The summed E-state index contributed by atoms with van der Waals surface area (Å²) < 4.78 is 6.77. The summed E-state index contributed by atoms with van der Waals surface area (Å²) in [7, 11) is 1.47. The Hall–Kier alpha value is -2.83. The topological polar surface area (TPSA) is 85.2 Å². The molecular weight excluding hydrogens is 308 g/mol. The first kappa shape index (κ1) is 17.5. The van der Waals surface area contributed by atoms with Crippen molar-refractivity contribution < 1.29 is 14.3 Å². The maximum atomic E-state index is 12.3. The average Bonchev–Trinajstić information content (AvgIpc) is 2.96. The fraction of sp³-hybridized carbons (Fsp3) is 0.353. The van der Waals surface area contributed by atoms with Crippen LogP contribution in [0.15, 0.2) is 36.5 Å². The maximum absolute atomic E-state index is 12.3. The van der Waals surface area contributed by atoms with Crippen LogP contribution in [0.5, 0.6) is 5.75 Å². The zero-order valence-corrected chi connectivity index (χ0v) is 14.3. The van der Waals surface area contributed by atoms with E-state index in [0.29, 0.717) is 5.75 Å². The molecule has 0 spiro atoms. The van der Waals surface area contributed by atoms with Crippen LogP contribution in [0.4, 0.5) is 0 Å². The largest absolute Gasteiger partial charge is 0.493 e. The van der Waals surface area contributed by atoms with Crippen LogP contribution in [-0.2, 0) is 4.79 Å². The van der Waals surface area contributed by atoms with Crippen LogP contribution in [0, 0.1) is 0 Å². The van der Waals surface area contributed by atoms with E-state index in [1.54, 1.807) is 10.9 Å². The van der Waals surface area contributed by atoms with E-state index >= 15 is 0 Å². The first-order valence-corrected chi connectivity index (χ1v) is 7.58. The van der Waals surface area contributed by atoms with Crippen molar-refractivity contribution in [2.24, 2.45) is 0 Å². The van der Waals surface area contributed by atoms with Gasteiger partial charge in [-0.3, -0.25) is 9.59 Å². The Bertz CT molecular complexity index is 717. The summed E-state index contributed by atoms with van der Waals surface area (Å²) in [5.74, 6) is -0.393. The van der Waals surface area contributed by atoms with Gasteiger partial charge in [-0.15, -0.1) is 0 Å². The van der Waals surface area contributed by atoms with Crippen LogP contribution in [-0.4, -0.2) is 40.8 Å². The molecule has 1 heterocycles. The van der Waals surface area contributed by atoms with Crippen molar-refractivity contribution in [1.82, 2.24) is 20.4 Å². The van der Waals surface area contributed by atoms with Crippen LogP contribution in [0.3, 0.4) is 0 Å². The number of ether oxygens (including phenoxy) is 1. The number of nitrogens with zero attached hydrogens (tertiary/aromatic N) is 2. The standard InChI is InChI=1S/C17H22N4O3/c1-17(2,3)19-14(22)10-18-16(23)15-13(24-4)11-21(20-15)12-8-6-5-7-9-12/h5-9,11H,10H2,1-4H3,(H,18,23)(H,19,22). The number of carbonyl (C=O) groups excluding carboxylic acids is 2. The van der Waals surface area contributed by atoms with Crippen molar-refractivity contribution in [2.75, 3.05) is 13.7 Å². The maximum Gasteiger partial charge on any atom is 0.276 e. The SMILES string of the molecule is COc1cn(-c2ccccc2)nc1C(=O)NCC(=O)NC(C)(C)C. The van der Waals surface area contributed by atoms with E-state index in [-0.39, 0.29) is 23.7 Å². The summed E-state index contributed by atoms with van der Waals surface area (Å²) in [6.45, 7) is 5.49. The second-order valence-corrected chi connectivity index (χ2v) is 6.31. The van der Waals surface area contributed by atoms with Gasteiger partial charge < -0.3 is 15.4 Å². The lowest BCUT2D eigenvalue weighted by molar-refractivity contribution is -0.121. The summed E-state index contributed by atoms with van der Waals surface area (Å²) in [4.78, 5) is 24.1. The van der Waals surface area contributed by atoms with Crippen molar-refractivity contribution in [3.8, 4) is 11.4 Å². The minimum absolute atomic E-state index is 0.128. The Balaban J connectivity index is 2.09. The Morgan fingerprint density at radius 1 is 1.21 bits per heavy atom. The van der Waals surface area contributed by atoms with E-state index < -0.39 is 5.91 Å². The van der Waals surface area contributed by atoms with Crippen LogP contribution in [0.25, 0.3) is 5.69 Å². The van der Waals surface area contributed by atoms with Crippen molar-refractivity contribution in [1.29, 1.82) is 0 Å². The molecule has 2 N–H and O–H groups in total. The van der Waals surface area contributed by atoms with Crippen molar-refractivity contribution in [3.05, 3.63) is 42.2 Å². The number of aromatic nitrogens is 2. The second kappa shape index (κ2) is 7.16. The lowest BCUT2D eigenvalue weighted by Crippen LogP contribution is -2.45. The predicted octanol–water partition coefficient (Wildman–Crippen LogP) is 1.53. The number of nitrogens with one attached hydrogen (secondary N) is 2. The van der Waals surface area contributed by atoms with Gasteiger partial charge in [0.15, 0.2) is 11.4 Å². The highest BCUT2D eigenvalue weighted by Gasteiger charge is 2.20. The zero-order chi connectivity index (χ0) is 17.7. The van der Waals surface area contributed by atoms with Gasteiger partial charge >= 0.3 is 0 Å². The monoisotopic (exact) mass is 330 g/mol. The number of para-hydroxylation sites is 1. The van der Waals surface area contributed by atoms with E-state index in [1.165, 1.54) is 7.11 Å².